The monoisotopic (exact) mass is 395 g/mol. The average Bonchev–Trinajstić information content (AvgIpc) is 3.25. The van der Waals surface area contributed by atoms with E-state index in [1.807, 2.05) is 0 Å². The minimum absolute atomic E-state index is 0.0481. The fraction of sp³-hybridized carbons (Fsp3) is 0.412. The SMILES string of the molecule is CCOC(=O)C(=O)NCC1CN(c2ccc(N3CCOC3=O)c(F)c2)C(=O)O1. The number of hydrogen-bond donors (Lipinski definition) is 1. The minimum atomic E-state index is -1.03. The molecule has 3 rings (SSSR count). The molecule has 0 aromatic heterocycles. The number of carbonyl (C=O) groups is 4. The molecular weight excluding hydrogens is 377 g/mol. The van der Waals surface area contributed by atoms with Crippen LogP contribution in [-0.2, 0) is 23.8 Å². The first-order valence-electron chi connectivity index (χ1n) is 8.57. The van der Waals surface area contributed by atoms with Gasteiger partial charge in [0.1, 0.15) is 18.5 Å². The Labute approximate surface area is 159 Å². The topological polar surface area (TPSA) is 114 Å². The molecule has 0 bridgehead atoms. The lowest BCUT2D eigenvalue weighted by Gasteiger charge is -2.17. The van der Waals surface area contributed by atoms with E-state index in [2.05, 4.69) is 10.1 Å². The van der Waals surface area contributed by atoms with Crippen molar-refractivity contribution in [3.8, 4) is 0 Å². The van der Waals surface area contributed by atoms with E-state index in [1.54, 1.807) is 6.92 Å². The second kappa shape index (κ2) is 8.11. The maximum atomic E-state index is 14.4. The van der Waals surface area contributed by atoms with E-state index in [1.165, 1.54) is 17.0 Å². The number of rotatable bonds is 5. The molecule has 0 saturated carbocycles. The minimum Gasteiger partial charge on any atom is -0.459 e. The van der Waals surface area contributed by atoms with Crippen LogP contribution in [0.4, 0.5) is 25.4 Å². The van der Waals surface area contributed by atoms with E-state index in [-0.39, 0.29) is 44.2 Å². The number of nitrogens with one attached hydrogen (secondary N) is 1. The van der Waals surface area contributed by atoms with E-state index in [0.717, 1.165) is 11.0 Å². The Bertz CT molecular complexity index is 816. The van der Waals surface area contributed by atoms with E-state index >= 15 is 0 Å². The van der Waals surface area contributed by atoms with Crippen molar-refractivity contribution in [1.82, 2.24) is 5.32 Å². The van der Waals surface area contributed by atoms with Gasteiger partial charge < -0.3 is 19.5 Å². The number of benzene rings is 1. The van der Waals surface area contributed by atoms with Gasteiger partial charge >= 0.3 is 24.1 Å². The van der Waals surface area contributed by atoms with Gasteiger partial charge in [-0.3, -0.25) is 14.6 Å². The zero-order valence-corrected chi connectivity index (χ0v) is 15.0. The highest BCUT2D eigenvalue weighted by atomic mass is 19.1. The van der Waals surface area contributed by atoms with E-state index in [0.29, 0.717) is 0 Å². The van der Waals surface area contributed by atoms with Gasteiger partial charge in [0.05, 0.1) is 37.6 Å². The van der Waals surface area contributed by atoms with Gasteiger partial charge in [0.25, 0.3) is 0 Å². The van der Waals surface area contributed by atoms with Crippen molar-refractivity contribution < 1.29 is 37.8 Å². The van der Waals surface area contributed by atoms with Crippen LogP contribution in [0, 0.1) is 5.82 Å². The normalized spacial score (nSPS) is 18.7. The lowest BCUT2D eigenvalue weighted by Crippen LogP contribution is -2.39. The van der Waals surface area contributed by atoms with Crippen LogP contribution in [0.25, 0.3) is 0 Å². The Kier molecular flexibility index (Phi) is 5.62. The first kappa shape index (κ1) is 19.4. The summed E-state index contributed by atoms with van der Waals surface area (Å²) in [4.78, 5) is 48.8. The van der Waals surface area contributed by atoms with Gasteiger partial charge in [0, 0.05) is 0 Å². The summed E-state index contributed by atoms with van der Waals surface area (Å²) in [7, 11) is 0. The molecule has 2 aliphatic heterocycles. The molecule has 1 aromatic carbocycles. The summed E-state index contributed by atoms with van der Waals surface area (Å²) in [5, 5.41) is 2.31. The predicted molar refractivity (Wildman–Crippen MR) is 92.4 cm³/mol. The molecule has 1 aromatic rings. The number of hydrogen-bond acceptors (Lipinski definition) is 7. The molecule has 0 aliphatic carbocycles. The van der Waals surface area contributed by atoms with Crippen LogP contribution >= 0.6 is 0 Å². The molecule has 2 fully saturated rings. The second-order valence-corrected chi connectivity index (χ2v) is 5.95. The highest BCUT2D eigenvalue weighted by molar-refractivity contribution is 6.32. The molecular formula is C17H18FN3O7. The van der Waals surface area contributed by atoms with Crippen LogP contribution < -0.4 is 15.1 Å². The van der Waals surface area contributed by atoms with Crippen molar-refractivity contribution in [1.29, 1.82) is 0 Å². The quantitative estimate of drug-likeness (QED) is 0.445. The largest absolute Gasteiger partial charge is 0.459 e. The number of nitrogens with zero attached hydrogens (tertiary/aromatic N) is 2. The Hall–Kier alpha value is -3.37. The number of cyclic esters (lactones) is 2. The second-order valence-electron chi connectivity index (χ2n) is 5.95. The van der Waals surface area contributed by atoms with Crippen LogP contribution in [0.3, 0.4) is 0 Å². The molecule has 11 heteroatoms. The van der Waals surface area contributed by atoms with Gasteiger partial charge in [0.2, 0.25) is 0 Å². The Morgan fingerprint density at radius 2 is 2.07 bits per heavy atom. The Morgan fingerprint density at radius 3 is 2.71 bits per heavy atom. The summed E-state index contributed by atoms with van der Waals surface area (Å²) in [5.41, 5.74) is 0.287. The summed E-state index contributed by atoms with van der Waals surface area (Å²) in [6.45, 7) is 2.00. The maximum Gasteiger partial charge on any atom is 0.414 e. The third-order valence-electron chi connectivity index (χ3n) is 4.12. The highest BCUT2D eigenvalue weighted by Crippen LogP contribution is 2.29. The molecule has 2 heterocycles. The smallest absolute Gasteiger partial charge is 0.414 e. The summed E-state index contributed by atoms with van der Waals surface area (Å²) >= 11 is 0. The van der Waals surface area contributed by atoms with Gasteiger partial charge in [-0.1, -0.05) is 0 Å². The van der Waals surface area contributed by atoms with Gasteiger partial charge in [0.15, 0.2) is 0 Å². The number of esters is 1. The van der Waals surface area contributed by atoms with E-state index in [4.69, 9.17) is 9.47 Å². The van der Waals surface area contributed by atoms with E-state index in [9.17, 15) is 23.6 Å². The summed E-state index contributed by atoms with van der Waals surface area (Å²) in [5.74, 6) is -2.66. The fourth-order valence-corrected chi connectivity index (χ4v) is 2.81. The highest BCUT2D eigenvalue weighted by Gasteiger charge is 2.34. The lowest BCUT2D eigenvalue weighted by molar-refractivity contribution is -0.154. The van der Waals surface area contributed by atoms with Crippen molar-refractivity contribution in [2.24, 2.45) is 0 Å². The van der Waals surface area contributed by atoms with Crippen LogP contribution in [0.5, 0.6) is 0 Å². The molecule has 0 spiro atoms. The predicted octanol–water partition coefficient (Wildman–Crippen LogP) is 0.787. The van der Waals surface area contributed by atoms with Crippen LogP contribution in [0.2, 0.25) is 0 Å². The first-order valence-corrected chi connectivity index (χ1v) is 8.57. The molecule has 10 nitrogen and oxygen atoms in total. The van der Waals surface area contributed by atoms with E-state index < -0.39 is 36.0 Å². The molecule has 2 saturated heterocycles. The molecule has 0 radical (unpaired) electrons. The molecule has 1 N–H and O–H groups in total. The molecule has 28 heavy (non-hydrogen) atoms. The molecule has 150 valence electrons. The summed E-state index contributed by atoms with van der Waals surface area (Å²) in [6, 6.07) is 3.97. The van der Waals surface area contributed by atoms with Gasteiger partial charge in [-0.2, -0.15) is 0 Å². The maximum absolute atomic E-state index is 14.4. The van der Waals surface area contributed by atoms with Crippen molar-refractivity contribution in [3.05, 3.63) is 24.0 Å². The fourth-order valence-electron chi connectivity index (χ4n) is 2.81. The van der Waals surface area contributed by atoms with Crippen LogP contribution in [0.1, 0.15) is 6.92 Å². The Balaban J connectivity index is 1.62. The number of anilines is 2. The van der Waals surface area contributed by atoms with Crippen molar-refractivity contribution in [2.75, 3.05) is 42.6 Å². The zero-order chi connectivity index (χ0) is 20.3. The number of halogens is 1. The number of amides is 3. The third kappa shape index (κ3) is 3.97. The first-order chi connectivity index (χ1) is 13.4. The van der Waals surface area contributed by atoms with Crippen molar-refractivity contribution >= 4 is 35.4 Å². The van der Waals surface area contributed by atoms with Gasteiger partial charge in [-0.25, -0.2) is 18.8 Å². The van der Waals surface area contributed by atoms with Crippen LogP contribution in [0.15, 0.2) is 18.2 Å². The third-order valence-corrected chi connectivity index (χ3v) is 4.12. The number of carbonyl (C=O) groups excluding carboxylic acids is 4. The molecule has 1 atom stereocenters. The van der Waals surface area contributed by atoms with Crippen LogP contribution in [-0.4, -0.2) is 63.0 Å². The average molecular weight is 395 g/mol. The van der Waals surface area contributed by atoms with Gasteiger partial charge in [-0.15, -0.1) is 0 Å². The summed E-state index contributed by atoms with van der Waals surface area (Å²) in [6.07, 6.45) is -2.07. The standard InChI is InChI=1S/C17H18FN3O7/c1-2-26-15(23)14(22)19-8-11-9-21(17(25)28-11)10-3-4-13(12(18)7-10)20-5-6-27-16(20)24/h3-4,7,11H,2,5-6,8-9H2,1H3,(H,19,22). The lowest BCUT2D eigenvalue weighted by atomic mass is 10.2. The van der Waals surface area contributed by atoms with Crippen molar-refractivity contribution in [2.45, 2.75) is 13.0 Å². The molecule has 1 unspecified atom stereocenters. The zero-order valence-electron chi connectivity index (χ0n) is 15.0. The van der Waals surface area contributed by atoms with Crippen molar-refractivity contribution in [3.63, 3.8) is 0 Å². The Morgan fingerprint density at radius 1 is 1.29 bits per heavy atom. The summed E-state index contributed by atoms with van der Waals surface area (Å²) < 4.78 is 28.9. The van der Waals surface area contributed by atoms with Gasteiger partial charge in [-0.05, 0) is 25.1 Å². The molecule has 2 aliphatic rings. The molecule has 3 amide bonds. The number of ether oxygens (including phenoxy) is 3.